The van der Waals surface area contributed by atoms with Crippen LogP contribution in [0, 0.1) is 17.8 Å². The summed E-state index contributed by atoms with van der Waals surface area (Å²) in [7, 11) is 0. The molecule has 0 bridgehead atoms. The summed E-state index contributed by atoms with van der Waals surface area (Å²) >= 11 is 0. The van der Waals surface area contributed by atoms with E-state index in [4.69, 9.17) is 5.11 Å². The van der Waals surface area contributed by atoms with Crippen LogP contribution in [0.3, 0.4) is 0 Å². The van der Waals surface area contributed by atoms with Gasteiger partial charge in [-0.25, -0.2) is 4.79 Å². The van der Waals surface area contributed by atoms with Gasteiger partial charge in [-0.1, -0.05) is 20.8 Å². The monoisotopic (exact) mass is 256 g/mol. The number of carboxylic acid groups (broad SMARTS) is 1. The molecule has 1 heterocycles. The number of carbonyl (C=O) groups excluding carboxylic acids is 1. The fourth-order valence-electron chi connectivity index (χ4n) is 2.27. The maximum absolute atomic E-state index is 11.8. The molecule has 2 amide bonds. The average Bonchev–Trinajstić information content (AvgIpc) is 2.66. The first-order valence-corrected chi connectivity index (χ1v) is 6.67. The highest BCUT2D eigenvalue weighted by atomic mass is 16.4. The summed E-state index contributed by atoms with van der Waals surface area (Å²) in [6.45, 7) is 7.72. The van der Waals surface area contributed by atoms with Crippen molar-refractivity contribution >= 4 is 12.0 Å². The molecule has 2 unspecified atom stereocenters. The molecule has 0 spiro atoms. The highest BCUT2D eigenvalue weighted by molar-refractivity contribution is 5.77. The van der Waals surface area contributed by atoms with Gasteiger partial charge < -0.3 is 15.3 Å². The van der Waals surface area contributed by atoms with Gasteiger partial charge in [0.05, 0.1) is 5.92 Å². The number of hydrogen-bond donors (Lipinski definition) is 2. The molecule has 0 aromatic heterocycles. The first kappa shape index (κ1) is 14.8. The second-order valence-corrected chi connectivity index (χ2v) is 5.60. The Balaban J connectivity index is 2.29. The molecule has 5 nitrogen and oxygen atoms in total. The lowest BCUT2D eigenvalue weighted by atomic mass is 9.99. The fraction of sp³-hybridized carbons (Fsp3) is 0.846. The number of likely N-dealkylation sites (tertiary alicyclic amines) is 1. The SMILES string of the molecule is CC(C)CCCNC(=O)N1CC(C)C(C(=O)O)C1. The normalized spacial score (nSPS) is 23.4. The zero-order valence-corrected chi connectivity index (χ0v) is 11.5. The topological polar surface area (TPSA) is 69.6 Å². The van der Waals surface area contributed by atoms with Crippen LogP contribution in [0.1, 0.15) is 33.6 Å². The number of nitrogens with zero attached hydrogens (tertiary/aromatic N) is 1. The molecule has 1 aliphatic rings. The standard InChI is InChI=1S/C13H24N2O3/c1-9(2)5-4-6-14-13(18)15-7-10(3)11(8-15)12(16)17/h9-11H,4-8H2,1-3H3,(H,14,18)(H,16,17). The Labute approximate surface area is 109 Å². The number of carbonyl (C=O) groups is 2. The van der Waals surface area contributed by atoms with Gasteiger partial charge in [0, 0.05) is 19.6 Å². The van der Waals surface area contributed by atoms with Gasteiger partial charge in [-0.3, -0.25) is 4.79 Å². The molecule has 104 valence electrons. The molecule has 0 aromatic rings. The van der Waals surface area contributed by atoms with E-state index in [1.165, 1.54) is 0 Å². The lowest BCUT2D eigenvalue weighted by Crippen LogP contribution is -2.39. The molecule has 1 aliphatic heterocycles. The first-order valence-electron chi connectivity index (χ1n) is 6.67. The van der Waals surface area contributed by atoms with Crippen molar-refractivity contribution in [3.63, 3.8) is 0 Å². The molecule has 1 rings (SSSR count). The van der Waals surface area contributed by atoms with E-state index in [2.05, 4.69) is 19.2 Å². The molecular weight excluding hydrogens is 232 g/mol. The molecule has 18 heavy (non-hydrogen) atoms. The van der Waals surface area contributed by atoms with Crippen molar-refractivity contribution in [2.24, 2.45) is 17.8 Å². The van der Waals surface area contributed by atoms with E-state index in [1.807, 2.05) is 6.92 Å². The highest BCUT2D eigenvalue weighted by Crippen LogP contribution is 2.22. The van der Waals surface area contributed by atoms with Crippen LogP contribution in [0.2, 0.25) is 0 Å². The number of carboxylic acids is 1. The van der Waals surface area contributed by atoms with Crippen molar-refractivity contribution in [1.82, 2.24) is 10.2 Å². The molecule has 0 saturated carbocycles. The van der Waals surface area contributed by atoms with Crippen molar-refractivity contribution in [2.45, 2.75) is 33.6 Å². The Morgan fingerprint density at radius 1 is 1.39 bits per heavy atom. The fourth-order valence-corrected chi connectivity index (χ4v) is 2.27. The smallest absolute Gasteiger partial charge is 0.317 e. The van der Waals surface area contributed by atoms with Crippen molar-refractivity contribution in [1.29, 1.82) is 0 Å². The molecule has 0 radical (unpaired) electrons. The van der Waals surface area contributed by atoms with Gasteiger partial charge >= 0.3 is 12.0 Å². The van der Waals surface area contributed by atoms with Crippen LogP contribution in [-0.2, 0) is 4.79 Å². The summed E-state index contributed by atoms with van der Waals surface area (Å²) in [6, 6.07) is -0.130. The van der Waals surface area contributed by atoms with Gasteiger partial charge in [-0.15, -0.1) is 0 Å². The minimum atomic E-state index is -0.808. The van der Waals surface area contributed by atoms with E-state index in [9.17, 15) is 9.59 Å². The maximum Gasteiger partial charge on any atom is 0.317 e. The van der Waals surface area contributed by atoms with Crippen LogP contribution in [0.4, 0.5) is 4.79 Å². The number of aliphatic carboxylic acids is 1. The summed E-state index contributed by atoms with van der Waals surface area (Å²) in [5, 5.41) is 11.9. The van der Waals surface area contributed by atoms with E-state index < -0.39 is 11.9 Å². The van der Waals surface area contributed by atoms with Gasteiger partial charge in [0.1, 0.15) is 0 Å². The molecule has 2 N–H and O–H groups in total. The Morgan fingerprint density at radius 2 is 2.06 bits per heavy atom. The molecule has 1 fully saturated rings. The second-order valence-electron chi connectivity index (χ2n) is 5.60. The number of urea groups is 1. The predicted molar refractivity (Wildman–Crippen MR) is 69.3 cm³/mol. The summed E-state index contributed by atoms with van der Waals surface area (Å²) in [4.78, 5) is 24.4. The maximum atomic E-state index is 11.8. The van der Waals surface area contributed by atoms with E-state index >= 15 is 0 Å². The van der Waals surface area contributed by atoms with E-state index in [-0.39, 0.29) is 11.9 Å². The summed E-state index contributed by atoms with van der Waals surface area (Å²) < 4.78 is 0. The Kier molecular flexibility index (Phi) is 5.44. The van der Waals surface area contributed by atoms with Gasteiger partial charge in [-0.2, -0.15) is 0 Å². The molecule has 1 saturated heterocycles. The number of amides is 2. The Morgan fingerprint density at radius 3 is 2.56 bits per heavy atom. The molecule has 5 heteroatoms. The van der Waals surface area contributed by atoms with Gasteiger partial charge in [-0.05, 0) is 24.7 Å². The van der Waals surface area contributed by atoms with Crippen molar-refractivity contribution in [2.75, 3.05) is 19.6 Å². The van der Waals surface area contributed by atoms with Crippen LogP contribution >= 0.6 is 0 Å². The third kappa shape index (κ3) is 4.20. The predicted octanol–water partition coefficient (Wildman–Crippen LogP) is 1.78. The third-order valence-electron chi connectivity index (χ3n) is 3.45. The summed E-state index contributed by atoms with van der Waals surface area (Å²) in [6.07, 6.45) is 2.06. The van der Waals surface area contributed by atoms with Crippen LogP contribution in [0.15, 0.2) is 0 Å². The van der Waals surface area contributed by atoms with Gasteiger partial charge in [0.2, 0.25) is 0 Å². The summed E-state index contributed by atoms with van der Waals surface area (Å²) in [5.74, 6) is -0.557. The van der Waals surface area contributed by atoms with E-state index in [0.717, 1.165) is 12.8 Å². The third-order valence-corrected chi connectivity index (χ3v) is 3.45. The minimum absolute atomic E-state index is 0.0314. The Bertz CT molecular complexity index is 305. The molecule has 0 aromatic carbocycles. The highest BCUT2D eigenvalue weighted by Gasteiger charge is 2.36. The van der Waals surface area contributed by atoms with Crippen molar-refractivity contribution in [3.8, 4) is 0 Å². The zero-order valence-electron chi connectivity index (χ0n) is 11.5. The second kappa shape index (κ2) is 6.61. The molecular formula is C13H24N2O3. The van der Waals surface area contributed by atoms with Crippen LogP contribution in [0.5, 0.6) is 0 Å². The number of nitrogens with one attached hydrogen (secondary N) is 1. The van der Waals surface area contributed by atoms with E-state index in [1.54, 1.807) is 4.90 Å². The van der Waals surface area contributed by atoms with Gasteiger partial charge in [0.15, 0.2) is 0 Å². The lowest BCUT2D eigenvalue weighted by Gasteiger charge is -2.17. The molecule has 2 atom stereocenters. The number of hydrogen-bond acceptors (Lipinski definition) is 2. The molecule has 0 aliphatic carbocycles. The van der Waals surface area contributed by atoms with Crippen LogP contribution in [0.25, 0.3) is 0 Å². The Hall–Kier alpha value is -1.26. The van der Waals surface area contributed by atoms with Gasteiger partial charge in [0.25, 0.3) is 0 Å². The lowest BCUT2D eigenvalue weighted by molar-refractivity contribution is -0.142. The summed E-state index contributed by atoms with van der Waals surface area (Å²) in [5.41, 5.74) is 0. The number of rotatable bonds is 5. The van der Waals surface area contributed by atoms with Crippen molar-refractivity contribution < 1.29 is 14.7 Å². The largest absolute Gasteiger partial charge is 0.481 e. The van der Waals surface area contributed by atoms with Crippen molar-refractivity contribution in [3.05, 3.63) is 0 Å². The minimum Gasteiger partial charge on any atom is -0.481 e. The van der Waals surface area contributed by atoms with E-state index in [0.29, 0.717) is 25.6 Å². The zero-order chi connectivity index (χ0) is 13.7. The quantitative estimate of drug-likeness (QED) is 0.737. The van der Waals surface area contributed by atoms with Crippen LogP contribution in [-0.4, -0.2) is 41.6 Å². The van der Waals surface area contributed by atoms with Crippen LogP contribution < -0.4 is 5.32 Å². The first-order chi connectivity index (χ1) is 8.41. The average molecular weight is 256 g/mol.